The molecule has 1 N–H and O–H groups in total. The molecule has 2 fully saturated rings. The van der Waals surface area contributed by atoms with Crippen molar-refractivity contribution in [2.24, 2.45) is 0 Å². The second kappa shape index (κ2) is 3.99. The number of halogens is 1. The zero-order valence-corrected chi connectivity index (χ0v) is 8.10. The standard InChI is InChI=1S/C7H13NOS.ClH/c1-4-9-7(10-5-1)2-3-8-6-7;/h8H,1-6H2;1H. The summed E-state index contributed by atoms with van der Waals surface area (Å²) in [5, 5.41) is 3.34. The highest BCUT2D eigenvalue weighted by atomic mass is 35.5. The first-order chi connectivity index (χ1) is 4.91. The van der Waals surface area contributed by atoms with Gasteiger partial charge < -0.3 is 10.1 Å². The first kappa shape index (κ1) is 9.65. The Morgan fingerprint density at radius 3 is 2.91 bits per heavy atom. The summed E-state index contributed by atoms with van der Waals surface area (Å²) in [6.45, 7) is 3.15. The van der Waals surface area contributed by atoms with Crippen molar-refractivity contribution in [1.82, 2.24) is 5.32 Å². The summed E-state index contributed by atoms with van der Waals surface area (Å²) in [6, 6.07) is 0. The topological polar surface area (TPSA) is 21.3 Å². The maximum absolute atomic E-state index is 5.73. The number of rotatable bonds is 0. The van der Waals surface area contributed by atoms with E-state index in [4.69, 9.17) is 4.74 Å². The summed E-state index contributed by atoms with van der Waals surface area (Å²) in [5.74, 6) is 1.28. The van der Waals surface area contributed by atoms with Crippen LogP contribution in [0.25, 0.3) is 0 Å². The highest BCUT2D eigenvalue weighted by Gasteiger charge is 2.36. The summed E-state index contributed by atoms with van der Waals surface area (Å²) in [7, 11) is 0. The lowest BCUT2D eigenvalue weighted by Crippen LogP contribution is -2.35. The molecule has 2 saturated heterocycles. The van der Waals surface area contributed by atoms with Crippen molar-refractivity contribution in [3.63, 3.8) is 0 Å². The van der Waals surface area contributed by atoms with Gasteiger partial charge in [-0.05, 0) is 25.1 Å². The van der Waals surface area contributed by atoms with E-state index in [1.165, 1.54) is 18.6 Å². The maximum Gasteiger partial charge on any atom is 0.127 e. The van der Waals surface area contributed by atoms with Gasteiger partial charge in [-0.2, -0.15) is 0 Å². The molecule has 11 heavy (non-hydrogen) atoms. The van der Waals surface area contributed by atoms with Crippen LogP contribution in [-0.4, -0.2) is 30.4 Å². The summed E-state index contributed by atoms with van der Waals surface area (Å²) in [4.78, 5) is 0.179. The van der Waals surface area contributed by atoms with Crippen LogP contribution >= 0.6 is 24.2 Å². The monoisotopic (exact) mass is 195 g/mol. The van der Waals surface area contributed by atoms with Gasteiger partial charge in [0.2, 0.25) is 0 Å². The molecule has 4 heteroatoms. The molecule has 2 rings (SSSR count). The van der Waals surface area contributed by atoms with Crippen molar-refractivity contribution < 1.29 is 4.74 Å². The smallest absolute Gasteiger partial charge is 0.127 e. The third-order valence-electron chi connectivity index (χ3n) is 2.10. The van der Waals surface area contributed by atoms with Gasteiger partial charge >= 0.3 is 0 Å². The quantitative estimate of drug-likeness (QED) is 0.629. The van der Waals surface area contributed by atoms with E-state index in [0.717, 1.165) is 19.7 Å². The van der Waals surface area contributed by atoms with E-state index >= 15 is 0 Å². The van der Waals surface area contributed by atoms with Crippen molar-refractivity contribution in [2.45, 2.75) is 17.8 Å². The van der Waals surface area contributed by atoms with Crippen LogP contribution in [0.3, 0.4) is 0 Å². The minimum Gasteiger partial charge on any atom is -0.363 e. The number of nitrogens with one attached hydrogen (secondary N) is 1. The van der Waals surface area contributed by atoms with E-state index in [-0.39, 0.29) is 17.3 Å². The Bertz CT molecular complexity index is 120. The van der Waals surface area contributed by atoms with Gasteiger partial charge in [-0.25, -0.2) is 0 Å². The average Bonchev–Trinajstić information content (AvgIpc) is 2.39. The van der Waals surface area contributed by atoms with E-state index in [1.807, 2.05) is 11.8 Å². The Morgan fingerprint density at radius 1 is 1.45 bits per heavy atom. The normalized spacial score (nSPS) is 37.1. The van der Waals surface area contributed by atoms with Gasteiger partial charge in [-0.3, -0.25) is 0 Å². The molecule has 0 amide bonds. The molecule has 2 aliphatic heterocycles. The zero-order valence-electron chi connectivity index (χ0n) is 6.47. The summed E-state index contributed by atoms with van der Waals surface area (Å²) < 4.78 is 5.73. The number of hydrogen-bond acceptors (Lipinski definition) is 3. The molecule has 2 aliphatic rings. The number of hydrogen-bond donors (Lipinski definition) is 1. The molecule has 0 aromatic carbocycles. The van der Waals surface area contributed by atoms with Crippen LogP contribution in [0.1, 0.15) is 12.8 Å². The van der Waals surface area contributed by atoms with Gasteiger partial charge in [0.25, 0.3) is 0 Å². The molecular weight excluding hydrogens is 182 g/mol. The van der Waals surface area contributed by atoms with Crippen LogP contribution in [0, 0.1) is 0 Å². The second-order valence-corrected chi connectivity index (χ2v) is 4.33. The van der Waals surface area contributed by atoms with Crippen molar-refractivity contribution >= 4 is 24.2 Å². The molecule has 66 valence electrons. The third kappa shape index (κ3) is 2.02. The predicted octanol–water partition coefficient (Wildman–Crippen LogP) is 1.25. The molecule has 1 unspecified atom stereocenters. The predicted molar refractivity (Wildman–Crippen MR) is 50.5 cm³/mol. The fourth-order valence-corrected chi connectivity index (χ4v) is 2.76. The van der Waals surface area contributed by atoms with Crippen molar-refractivity contribution in [2.75, 3.05) is 25.4 Å². The zero-order chi connectivity index (χ0) is 6.86. The molecule has 1 spiro atoms. The van der Waals surface area contributed by atoms with Gasteiger partial charge in [-0.1, -0.05) is 0 Å². The largest absolute Gasteiger partial charge is 0.363 e. The summed E-state index contributed by atoms with van der Waals surface area (Å²) in [5.41, 5.74) is 0. The fourth-order valence-electron chi connectivity index (χ4n) is 1.51. The van der Waals surface area contributed by atoms with Crippen LogP contribution in [0.5, 0.6) is 0 Å². The van der Waals surface area contributed by atoms with Gasteiger partial charge in [0, 0.05) is 13.2 Å². The van der Waals surface area contributed by atoms with E-state index in [9.17, 15) is 0 Å². The van der Waals surface area contributed by atoms with Crippen LogP contribution < -0.4 is 5.32 Å². The van der Waals surface area contributed by atoms with E-state index in [2.05, 4.69) is 5.32 Å². The van der Waals surface area contributed by atoms with Crippen LogP contribution in [0.4, 0.5) is 0 Å². The first-order valence-electron chi connectivity index (χ1n) is 3.90. The first-order valence-corrected chi connectivity index (χ1v) is 4.89. The SMILES string of the molecule is C1COC2(CCNC2)SC1.Cl. The minimum atomic E-state index is 0. The molecule has 2 nitrogen and oxygen atoms in total. The van der Waals surface area contributed by atoms with Gasteiger partial charge in [-0.15, -0.1) is 24.2 Å². The summed E-state index contributed by atoms with van der Waals surface area (Å²) >= 11 is 1.99. The van der Waals surface area contributed by atoms with Gasteiger partial charge in [0.05, 0.1) is 0 Å². The maximum atomic E-state index is 5.73. The molecule has 0 bridgehead atoms. The highest BCUT2D eigenvalue weighted by molar-refractivity contribution is 8.00. The lowest BCUT2D eigenvalue weighted by molar-refractivity contribution is 0.0337. The average molecular weight is 196 g/mol. The van der Waals surface area contributed by atoms with Gasteiger partial charge in [0.1, 0.15) is 4.93 Å². The van der Waals surface area contributed by atoms with Crippen LogP contribution in [0.15, 0.2) is 0 Å². The van der Waals surface area contributed by atoms with Gasteiger partial charge in [0.15, 0.2) is 0 Å². The Morgan fingerprint density at radius 2 is 2.36 bits per heavy atom. The van der Waals surface area contributed by atoms with E-state index in [1.54, 1.807) is 0 Å². The van der Waals surface area contributed by atoms with E-state index in [0.29, 0.717) is 0 Å². The molecule has 0 saturated carbocycles. The van der Waals surface area contributed by atoms with Crippen molar-refractivity contribution in [3.8, 4) is 0 Å². The third-order valence-corrected chi connectivity index (χ3v) is 3.58. The molecule has 0 aromatic heterocycles. The molecule has 0 aromatic rings. The molecule has 2 heterocycles. The molecular formula is C7H14ClNOS. The Hall–Kier alpha value is 0.560. The van der Waals surface area contributed by atoms with Crippen molar-refractivity contribution in [1.29, 1.82) is 0 Å². The summed E-state index contributed by atoms with van der Waals surface area (Å²) in [6.07, 6.45) is 2.42. The fraction of sp³-hybridized carbons (Fsp3) is 1.00. The highest BCUT2D eigenvalue weighted by Crippen LogP contribution is 2.36. The van der Waals surface area contributed by atoms with Crippen molar-refractivity contribution in [3.05, 3.63) is 0 Å². The molecule has 1 atom stereocenters. The number of thioether (sulfide) groups is 1. The second-order valence-electron chi connectivity index (χ2n) is 2.89. The lowest BCUT2D eigenvalue weighted by Gasteiger charge is -2.31. The lowest BCUT2D eigenvalue weighted by atomic mass is 10.3. The number of ether oxygens (including phenoxy) is 1. The van der Waals surface area contributed by atoms with Crippen LogP contribution in [-0.2, 0) is 4.74 Å². The molecule has 0 aliphatic carbocycles. The Balaban J connectivity index is 0.000000605. The van der Waals surface area contributed by atoms with Crippen LogP contribution in [0.2, 0.25) is 0 Å². The Kier molecular flexibility index (Phi) is 3.50. The minimum absolute atomic E-state index is 0. The molecule has 0 radical (unpaired) electrons. The van der Waals surface area contributed by atoms with E-state index < -0.39 is 0 Å². The Labute approximate surface area is 77.9 Å².